The average molecular weight is 443 g/mol. The molecular formula is C31H54O. The van der Waals surface area contributed by atoms with Gasteiger partial charge in [0.05, 0.1) is 0 Å². The Bertz CT molecular complexity index is 717. The van der Waals surface area contributed by atoms with Crippen LogP contribution in [0.5, 0.6) is 0 Å². The third kappa shape index (κ3) is 12.6. The van der Waals surface area contributed by atoms with Crippen LogP contribution in [0.3, 0.4) is 0 Å². The molecule has 0 heterocycles. The van der Waals surface area contributed by atoms with Crippen LogP contribution >= 0.6 is 0 Å². The summed E-state index contributed by atoms with van der Waals surface area (Å²) in [7, 11) is 0. The lowest BCUT2D eigenvalue weighted by Crippen LogP contribution is -2.10. The minimum absolute atomic E-state index is 0.127. The maximum Gasteiger partial charge on any atom is 0.193 e. The minimum Gasteiger partial charge on any atom is -0.289 e. The maximum absolute atomic E-state index is 12.7. The zero-order chi connectivity index (χ0) is 26.4. The Morgan fingerprint density at radius 1 is 0.594 bits per heavy atom. The summed E-state index contributed by atoms with van der Waals surface area (Å²) in [4.78, 5) is 12.7. The molecule has 0 spiro atoms. The number of rotatable bonds is 2. The molecule has 0 bridgehead atoms. The first-order valence-corrected chi connectivity index (χ1v) is 12.5. The first-order chi connectivity index (χ1) is 15.2. The topological polar surface area (TPSA) is 17.1 Å². The van der Waals surface area contributed by atoms with Gasteiger partial charge in [-0.2, -0.15) is 0 Å². The minimum atomic E-state index is 0.127. The molecule has 2 aromatic carbocycles. The molecule has 0 fully saturated rings. The van der Waals surface area contributed by atoms with Crippen LogP contribution in [0.4, 0.5) is 0 Å². The van der Waals surface area contributed by atoms with E-state index >= 15 is 0 Å². The predicted octanol–water partition coefficient (Wildman–Crippen LogP) is 10.5. The standard InChI is InChI=1S/C18H20O.C5H10.4C2H6/c1-11-12(2)14(4)17(15(5)13(11)3)18(19)16-9-7-6-8-10-16;1-4-5(2)3;4*1-2/h6-10H,1-5H3;4H,1-3H3;4*1-2H3. The van der Waals surface area contributed by atoms with Crippen molar-refractivity contribution in [1.29, 1.82) is 0 Å². The average Bonchev–Trinajstić information content (AvgIpc) is 2.87. The Labute approximate surface area is 202 Å². The first kappa shape index (κ1) is 37.2. The molecule has 0 saturated heterocycles. The van der Waals surface area contributed by atoms with Gasteiger partial charge in [0.2, 0.25) is 0 Å². The summed E-state index contributed by atoms with van der Waals surface area (Å²) in [5, 5.41) is 0. The Morgan fingerprint density at radius 3 is 1.16 bits per heavy atom. The van der Waals surface area contributed by atoms with E-state index in [0.29, 0.717) is 0 Å². The number of ketones is 1. The monoisotopic (exact) mass is 442 g/mol. The largest absolute Gasteiger partial charge is 0.289 e. The fourth-order valence-electron chi connectivity index (χ4n) is 2.57. The normalized spacial score (nSPS) is 8.12. The lowest BCUT2D eigenvalue weighted by Gasteiger charge is -2.17. The summed E-state index contributed by atoms with van der Waals surface area (Å²) < 4.78 is 0. The molecule has 0 aliphatic rings. The molecular weight excluding hydrogens is 388 g/mol. The van der Waals surface area contributed by atoms with Crippen molar-refractivity contribution >= 4 is 5.78 Å². The van der Waals surface area contributed by atoms with E-state index in [1.165, 1.54) is 22.3 Å². The van der Waals surface area contributed by atoms with Crippen molar-refractivity contribution in [3.63, 3.8) is 0 Å². The molecule has 32 heavy (non-hydrogen) atoms. The molecule has 0 unspecified atom stereocenters. The van der Waals surface area contributed by atoms with Crippen LogP contribution in [-0.4, -0.2) is 5.78 Å². The molecule has 1 nitrogen and oxygen atoms in total. The van der Waals surface area contributed by atoms with Crippen molar-refractivity contribution in [1.82, 2.24) is 0 Å². The lowest BCUT2D eigenvalue weighted by atomic mass is 9.86. The van der Waals surface area contributed by atoms with Crippen molar-refractivity contribution in [3.05, 3.63) is 80.9 Å². The van der Waals surface area contributed by atoms with Gasteiger partial charge in [-0.3, -0.25) is 4.79 Å². The van der Waals surface area contributed by atoms with Crippen molar-refractivity contribution in [2.45, 2.75) is 111 Å². The van der Waals surface area contributed by atoms with Crippen molar-refractivity contribution in [3.8, 4) is 0 Å². The van der Waals surface area contributed by atoms with Gasteiger partial charge in [0, 0.05) is 11.1 Å². The highest BCUT2D eigenvalue weighted by Gasteiger charge is 2.18. The second kappa shape index (κ2) is 23.5. The molecule has 1 heteroatoms. The molecule has 0 amide bonds. The van der Waals surface area contributed by atoms with E-state index in [0.717, 1.165) is 22.3 Å². The molecule has 0 radical (unpaired) electrons. The zero-order valence-corrected chi connectivity index (χ0v) is 24.4. The first-order valence-electron chi connectivity index (χ1n) is 12.5. The van der Waals surface area contributed by atoms with Crippen LogP contribution in [0, 0.1) is 34.6 Å². The van der Waals surface area contributed by atoms with Crippen LogP contribution in [0.2, 0.25) is 0 Å². The van der Waals surface area contributed by atoms with Gasteiger partial charge < -0.3 is 0 Å². The van der Waals surface area contributed by atoms with E-state index in [2.05, 4.69) is 40.7 Å². The highest BCUT2D eigenvalue weighted by Crippen LogP contribution is 2.27. The van der Waals surface area contributed by atoms with Gasteiger partial charge in [0.25, 0.3) is 0 Å². The van der Waals surface area contributed by atoms with E-state index in [9.17, 15) is 4.79 Å². The molecule has 0 aliphatic heterocycles. The third-order valence-corrected chi connectivity index (χ3v) is 4.84. The third-order valence-electron chi connectivity index (χ3n) is 4.84. The highest BCUT2D eigenvalue weighted by atomic mass is 16.1. The van der Waals surface area contributed by atoms with Gasteiger partial charge >= 0.3 is 0 Å². The predicted molar refractivity (Wildman–Crippen MR) is 150 cm³/mol. The number of hydrogen-bond donors (Lipinski definition) is 0. The van der Waals surface area contributed by atoms with Crippen LogP contribution in [0.1, 0.15) is 120 Å². The number of hydrogen-bond acceptors (Lipinski definition) is 1. The fourth-order valence-corrected chi connectivity index (χ4v) is 2.57. The lowest BCUT2D eigenvalue weighted by molar-refractivity contribution is 0.103. The maximum atomic E-state index is 12.7. The molecule has 0 N–H and O–H groups in total. The van der Waals surface area contributed by atoms with Crippen LogP contribution < -0.4 is 0 Å². The van der Waals surface area contributed by atoms with E-state index in [1.54, 1.807) is 0 Å². The van der Waals surface area contributed by atoms with Crippen LogP contribution in [-0.2, 0) is 0 Å². The Morgan fingerprint density at radius 2 is 0.875 bits per heavy atom. The summed E-state index contributed by atoms with van der Waals surface area (Å²) >= 11 is 0. The smallest absolute Gasteiger partial charge is 0.193 e. The second-order valence-corrected chi connectivity index (χ2v) is 6.56. The van der Waals surface area contributed by atoms with Gasteiger partial charge in [-0.25, -0.2) is 0 Å². The van der Waals surface area contributed by atoms with Crippen molar-refractivity contribution in [2.75, 3.05) is 0 Å². The molecule has 2 aromatic rings. The summed E-state index contributed by atoms with van der Waals surface area (Å²) in [5.41, 5.74) is 8.96. The highest BCUT2D eigenvalue weighted by molar-refractivity contribution is 6.11. The second-order valence-electron chi connectivity index (χ2n) is 6.56. The molecule has 184 valence electrons. The number of benzene rings is 2. The quantitative estimate of drug-likeness (QED) is 0.334. The summed E-state index contributed by atoms with van der Waals surface area (Å²) in [6.07, 6.45) is 2.08. The van der Waals surface area contributed by atoms with Gasteiger partial charge in [-0.1, -0.05) is 97.4 Å². The van der Waals surface area contributed by atoms with Gasteiger partial charge in [0.15, 0.2) is 5.78 Å². The summed E-state index contributed by atoms with van der Waals surface area (Å²) in [5.74, 6) is 0.127. The molecule has 0 atom stereocenters. The van der Waals surface area contributed by atoms with Crippen molar-refractivity contribution in [2.24, 2.45) is 0 Å². The number of allylic oxidation sites excluding steroid dienone is 2. The Kier molecular flexibility index (Phi) is 27.3. The zero-order valence-electron chi connectivity index (χ0n) is 24.4. The van der Waals surface area contributed by atoms with E-state index < -0.39 is 0 Å². The van der Waals surface area contributed by atoms with E-state index in [1.807, 2.05) is 106 Å². The van der Waals surface area contributed by atoms with E-state index in [-0.39, 0.29) is 5.78 Å². The number of carbonyl (C=O) groups excluding carboxylic acids is 1. The summed E-state index contributed by atoms with van der Waals surface area (Å²) in [6, 6.07) is 9.51. The van der Waals surface area contributed by atoms with Crippen LogP contribution in [0.25, 0.3) is 0 Å². The fraction of sp³-hybridized carbons (Fsp3) is 0.516. The Balaban J connectivity index is -0.000000255. The SMILES string of the molecule is CC.CC.CC.CC.CC=C(C)C.Cc1c(C)c(C)c(C(=O)c2ccccc2)c(C)c1C. The molecule has 0 saturated carbocycles. The van der Waals surface area contributed by atoms with Crippen LogP contribution in [0.15, 0.2) is 42.0 Å². The van der Waals surface area contributed by atoms with Gasteiger partial charge in [-0.15, -0.1) is 0 Å². The van der Waals surface area contributed by atoms with Gasteiger partial charge in [0.1, 0.15) is 0 Å². The molecule has 0 aromatic heterocycles. The van der Waals surface area contributed by atoms with Gasteiger partial charge in [-0.05, 0) is 83.2 Å². The summed E-state index contributed by atoms with van der Waals surface area (Å²) in [6.45, 7) is 32.6. The number of carbonyl (C=O) groups is 1. The molecule has 2 rings (SSSR count). The van der Waals surface area contributed by atoms with Crippen molar-refractivity contribution < 1.29 is 4.79 Å². The van der Waals surface area contributed by atoms with E-state index in [4.69, 9.17) is 0 Å². The Hall–Kier alpha value is -2.15. The molecule has 0 aliphatic carbocycles.